The summed E-state index contributed by atoms with van der Waals surface area (Å²) >= 11 is 0. The third-order valence-corrected chi connectivity index (χ3v) is 25.0. The molecule has 6 aromatic heterocycles. The third-order valence-electron chi connectivity index (χ3n) is 25.0. The number of piperidine rings is 1. The Bertz CT molecular complexity index is 5880. The molecule has 6 aliphatic heterocycles. The molecule has 12 heterocycles. The molecule has 22 nitrogen and oxygen atoms in total. The van der Waals surface area contributed by atoms with Crippen LogP contribution in [0.4, 0.5) is 77.5 Å². The minimum atomic E-state index is -2.86. The largest absolute Gasteiger partial charge is 0.378 e. The molecule has 0 bridgehead atoms. The number of alkyl halides is 6. The van der Waals surface area contributed by atoms with Crippen molar-refractivity contribution < 1.29 is 31.1 Å². The second-order valence-corrected chi connectivity index (χ2v) is 31.2. The van der Waals surface area contributed by atoms with Crippen molar-refractivity contribution in [1.29, 1.82) is 0 Å². The lowest BCUT2D eigenvalue weighted by molar-refractivity contribution is 0.123. The highest BCUT2D eigenvalue weighted by atomic mass is 19.3. The smallest absolute Gasteiger partial charge is 0.328 e. The number of imidazole rings is 3. The first-order valence-corrected chi connectivity index (χ1v) is 38.0. The van der Waals surface area contributed by atoms with E-state index in [1.807, 2.05) is 36.4 Å². The van der Waals surface area contributed by atoms with Gasteiger partial charge in [0.05, 0.1) is 82.0 Å². The number of ether oxygens (including phenoxy) is 1. The van der Waals surface area contributed by atoms with Crippen LogP contribution in [0.3, 0.4) is 0 Å². The Morgan fingerprint density at radius 2 is 0.773 bits per heavy atom. The maximum absolute atomic E-state index is 16.2. The zero-order chi connectivity index (χ0) is 76.3. The van der Waals surface area contributed by atoms with Crippen LogP contribution in [0.5, 0.6) is 0 Å². The molecule has 0 aliphatic carbocycles. The first kappa shape index (κ1) is 70.8. The van der Waals surface area contributed by atoms with Crippen LogP contribution in [0.15, 0.2) is 124 Å². The van der Waals surface area contributed by atoms with E-state index >= 15 is 26.3 Å². The molecule has 3 fully saturated rings. The minimum absolute atomic E-state index is 0.00210. The average Bonchev–Trinajstić information content (AvgIpc) is 1.41. The highest BCUT2D eigenvalue weighted by molar-refractivity contribution is 5.98. The summed E-state index contributed by atoms with van der Waals surface area (Å²) in [5.74, 6) is -0.268. The van der Waals surface area contributed by atoms with Gasteiger partial charge in [0.15, 0.2) is 0 Å². The molecule has 18 rings (SSSR count). The van der Waals surface area contributed by atoms with Crippen molar-refractivity contribution in [2.45, 2.75) is 76.1 Å². The molecule has 110 heavy (non-hydrogen) atoms. The van der Waals surface area contributed by atoms with Gasteiger partial charge in [0.2, 0.25) is 0 Å². The fourth-order valence-electron chi connectivity index (χ4n) is 19.5. The van der Waals surface area contributed by atoms with Crippen molar-refractivity contribution in [1.82, 2.24) is 56.7 Å². The Morgan fingerprint density at radius 1 is 0.382 bits per heavy atom. The Kier molecular flexibility index (Phi) is 17.4. The first-order chi connectivity index (χ1) is 53.0. The van der Waals surface area contributed by atoms with Gasteiger partial charge < -0.3 is 34.1 Å². The van der Waals surface area contributed by atoms with E-state index in [2.05, 4.69) is 62.9 Å². The van der Waals surface area contributed by atoms with Crippen LogP contribution in [0.1, 0.15) is 103 Å². The lowest BCUT2D eigenvalue weighted by atomic mass is 9.75. The molecule has 28 heteroatoms. The van der Waals surface area contributed by atoms with Gasteiger partial charge >= 0.3 is 17.1 Å². The van der Waals surface area contributed by atoms with Gasteiger partial charge in [-0.15, -0.1) is 0 Å². The third kappa shape index (κ3) is 11.5. The van der Waals surface area contributed by atoms with Crippen molar-refractivity contribution >= 4 is 84.3 Å². The van der Waals surface area contributed by atoms with Gasteiger partial charge in [-0.05, 0) is 175 Å². The van der Waals surface area contributed by atoms with Crippen molar-refractivity contribution in [2.75, 3.05) is 102 Å². The second-order valence-electron chi connectivity index (χ2n) is 31.2. The molecule has 0 amide bonds. The standard InChI is InChI=1S/C82H88F6N18O4/c1-92-41-49(38-89-92)57-26-46-12-11-18-104(65(46)35-62(57)77(83)84)52-27-69-76(100(9)82(109)96(69)5)73(31-52)103-19-14-48(45-103)56-16-21-106(67-37-64(79(87)88)59(34-61(56)67)51-40-91-94(3)43-51)54-29-70-75(99(8)81(108)97(70)6)72(32-54)102-17-10-13-47(44-102)55-15-20-105(66-36-63(78(85)86)58(33-60(55)66)50-39-90-93(2)42-50)53-28-68-74(98(7)80(107)95(68)4)71(30-53)101-22-24-110-25-23-101/h26-43,47-48,55-56,77-79H,10-25,44-45H2,1-9H3. The molecule has 4 atom stereocenters. The molecular formula is C82H88F6N18O4. The lowest BCUT2D eigenvalue weighted by Gasteiger charge is -2.44. The molecule has 0 N–H and O–H groups in total. The summed E-state index contributed by atoms with van der Waals surface area (Å²) in [4.78, 5) is 55.7. The van der Waals surface area contributed by atoms with Crippen LogP contribution >= 0.6 is 0 Å². The van der Waals surface area contributed by atoms with Gasteiger partial charge in [-0.2, -0.15) is 15.3 Å². The van der Waals surface area contributed by atoms with Gasteiger partial charge in [-0.3, -0.25) is 41.4 Å². The summed E-state index contributed by atoms with van der Waals surface area (Å²) in [5.41, 5.74) is 16.0. The maximum atomic E-state index is 16.2. The number of hydrogen-bond donors (Lipinski definition) is 0. The number of aromatic nitrogens is 12. The SMILES string of the molecule is Cn1cc(-c2cc3c(cc2C(F)F)N(c2cc(N4CCC(C5CCN(c6cc(N7CCCC(C8CCN(c9cc(N%10CCOCC%10)c%10c(c9)n(C)c(=O)n%10C)c9cc(C(F)F)c(-c%10cnn(C)c%10)cc98)C7)c7c(c6)n(C)c(=O)n7C)c6cc(C(F)F)c(-c7cnn(C)c7)cc65)C4)c4c(c2)n(C)c(=O)n4C)CCC3)cn1. The molecule has 6 aromatic carbocycles. The molecule has 3 saturated heterocycles. The zero-order valence-electron chi connectivity index (χ0n) is 63.1. The molecule has 6 aliphatic rings. The normalized spacial score (nSPS) is 19.1. The minimum Gasteiger partial charge on any atom is -0.378 e. The van der Waals surface area contributed by atoms with E-state index in [-0.39, 0.29) is 57.4 Å². The molecule has 0 spiro atoms. The van der Waals surface area contributed by atoms with Crippen LogP contribution in [0, 0.1) is 11.8 Å². The van der Waals surface area contributed by atoms with E-state index in [4.69, 9.17) is 4.74 Å². The fraction of sp³-hybridized carbons (Fsp3) is 0.415. The number of morpholine rings is 1. The first-order valence-electron chi connectivity index (χ1n) is 38.0. The molecule has 12 aromatic rings. The molecule has 572 valence electrons. The molecule has 4 unspecified atom stereocenters. The van der Waals surface area contributed by atoms with Gasteiger partial charge in [0.1, 0.15) is 0 Å². The zero-order valence-corrected chi connectivity index (χ0v) is 63.1. The van der Waals surface area contributed by atoms with Gasteiger partial charge in [-0.1, -0.05) is 0 Å². The number of benzene rings is 6. The Balaban J connectivity index is 0.715. The number of nitrogens with zero attached hydrogens (tertiary/aromatic N) is 18. The summed E-state index contributed by atoms with van der Waals surface area (Å²) in [6.45, 7) is 6.13. The summed E-state index contributed by atoms with van der Waals surface area (Å²) in [6, 6.07) is 23.1. The Hall–Kier alpha value is -10.9. The predicted molar refractivity (Wildman–Crippen MR) is 418 cm³/mol. The number of aryl methyl sites for hydroxylation is 10. The summed E-state index contributed by atoms with van der Waals surface area (Å²) in [5, 5.41) is 13.2. The van der Waals surface area contributed by atoms with Crippen LogP contribution < -0.4 is 46.5 Å². The quantitative estimate of drug-likeness (QED) is 0.0946. The van der Waals surface area contributed by atoms with Gasteiger partial charge in [0.25, 0.3) is 19.3 Å². The fourth-order valence-corrected chi connectivity index (χ4v) is 19.5. The molecule has 0 radical (unpaired) electrons. The summed E-state index contributed by atoms with van der Waals surface area (Å²) in [7, 11) is 15.9. The van der Waals surface area contributed by atoms with Crippen LogP contribution in [-0.4, -0.2) is 129 Å². The number of rotatable bonds is 14. The number of anilines is 9. The second kappa shape index (κ2) is 27.0. The average molecular weight is 1500 g/mol. The summed E-state index contributed by atoms with van der Waals surface area (Å²) < 4.78 is 115. The van der Waals surface area contributed by atoms with Crippen LogP contribution in [-0.2, 0) is 74.6 Å². The Labute approximate surface area is 630 Å². The van der Waals surface area contributed by atoms with Gasteiger partial charge in [-0.25, -0.2) is 40.7 Å². The van der Waals surface area contributed by atoms with Crippen molar-refractivity contribution in [3.8, 4) is 33.4 Å². The van der Waals surface area contributed by atoms with Crippen molar-refractivity contribution in [3.63, 3.8) is 0 Å². The highest BCUT2D eigenvalue weighted by Crippen LogP contribution is 2.54. The van der Waals surface area contributed by atoms with E-state index in [0.717, 1.165) is 98.6 Å². The Morgan fingerprint density at radius 3 is 1.19 bits per heavy atom. The van der Waals surface area contributed by atoms with Crippen LogP contribution in [0.2, 0.25) is 0 Å². The van der Waals surface area contributed by atoms with E-state index in [9.17, 15) is 14.4 Å². The van der Waals surface area contributed by atoms with Gasteiger partial charge in [0, 0.05) is 208 Å². The number of halogens is 6. The molecular weight excluding hydrogens is 1420 g/mol. The maximum Gasteiger partial charge on any atom is 0.328 e. The van der Waals surface area contributed by atoms with E-state index < -0.39 is 19.3 Å². The predicted octanol–water partition coefficient (Wildman–Crippen LogP) is 13.9. The van der Waals surface area contributed by atoms with Crippen LogP contribution in [0.25, 0.3) is 66.5 Å². The monoisotopic (exact) mass is 1500 g/mol. The van der Waals surface area contributed by atoms with E-state index in [1.54, 1.807) is 160 Å². The number of fused-ring (bicyclic) bond motifs is 6. The highest BCUT2D eigenvalue weighted by Gasteiger charge is 2.42. The topological polar surface area (TPSA) is 163 Å². The van der Waals surface area contributed by atoms with Crippen molar-refractivity contribution in [2.24, 2.45) is 75.3 Å². The van der Waals surface area contributed by atoms with E-state index in [0.29, 0.717) is 153 Å². The van der Waals surface area contributed by atoms with E-state index in [1.165, 1.54) is 0 Å². The number of hydrogen-bond acceptors (Lipinski definition) is 13. The van der Waals surface area contributed by atoms with Crippen molar-refractivity contribution in [3.05, 3.63) is 175 Å². The lowest BCUT2D eigenvalue weighted by Crippen LogP contribution is -2.40. The summed E-state index contributed by atoms with van der Waals surface area (Å²) in [6.07, 6.45) is 6.81. The molecule has 0 saturated carbocycles.